The normalized spacial score (nSPS) is 15.6. The molecule has 0 atom stereocenters. The van der Waals surface area contributed by atoms with Gasteiger partial charge in [0.05, 0.1) is 11.4 Å². The van der Waals surface area contributed by atoms with Gasteiger partial charge >= 0.3 is 5.97 Å². The predicted octanol–water partition coefficient (Wildman–Crippen LogP) is 4.75. The largest absolute Gasteiger partial charge is 0.464 e. The van der Waals surface area contributed by atoms with Gasteiger partial charge in [-0.2, -0.15) is 0 Å². The van der Waals surface area contributed by atoms with E-state index < -0.39 is 11.4 Å². The number of nitrogens with zero attached hydrogens (tertiary/aromatic N) is 2. The fraction of sp³-hybridized carbons (Fsp3) is 0.400. The van der Waals surface area contributed by atoms with Gasteiger partial charge in [0.25, 0.3) is 11.8 Å². The lowest BCUT2D eigenvalue weighted by Crippen LogP contribution is -2.42. The fourth-order valence-electron chi connectivity index (χ4n) is 3.77. The third-order valence-electron chi connectivity index (χ3n) is 5.42. The van der Waals surface area contributed by atoms with Crippen LogP contribution in [0, 0.1) is 11.3 Å². The standard InChI is InChI=1S/C25H30N2O4/c1-4-5-16-25(18-31-22(28)17-19(2)3)23(29)26(20-12-8-6-9-13-20)27(24(25)30)21-14-10-7-11-15-21/h6-15,19H,4-5,16-18H2,1-3H3. The first-order valence-electron chi connectivity index (χ1n) is 10.9. The van der Waals surface area contributed by atoms with Crippen LogP contribution in [-0.2, 0) is 19.1 Å². The summed E-state index contributed by atoms with van der Waals surface area (Å²) >= 11 is 0. The maximum atomic E-state index is 13.8. The zero-order chi connectivity index (χ0) is 22.4. The van der Waals surface area contributed by atoms with E-state index in [0.717, 1.165) is 6.42 Å². The maximum Gasteiger partial charge on any atom is 0.306 e. The highest BCUT2D eigenvalue weighted by atomic mass is 16.5. The summed E-state index contributed by atoms with van der Waals surface area (Å²) in [5.41, 5.74) is -0.248. The number of amides is 2. The Hall–Kier alpha value is -3.15. The van der Waals surface area contributed by atoms with Crippen molar-refractivity contribution in [3.63, 3.8) is 0 Å². The number of para-hydroxylation sites is 2. The Morgan fingerprint density at radius 2 is 1.39 bits per heavy atom. The Morgan fingerprint density at radius 1 is 0.903 bits per heavy atom. The average molecular weight is 423 g/mol. The van der Waals surface area contributed by atoms with Gasteiger partial charge in [0, 0.05) is 6.42 Å². The molecule has 1 aliphatic rings. The first-order valence-corrected chi connectivity index (χ1v) is 10.9. The number of anilines is 2. The topological polar surface area (TPSA) is 66.9 Å². The van der Waals surface area contributed by atoms with Crippen molar-refractivity contribution in [2.75, 3.05) is 16.6 Å². The molecular weight excluding hydrogens is 392 g/mol. The van der Waals surface area contributed by atoms with Crippen molar-refractivity contribution in [1.82, 2.24) is 0 Å². The molecule has 0 bridgehead atoms. The van der Waals surface area contributed by atoms with Gasteiger partial charge in [-0.05, 0) is 36.6 Å². The summed E-state index contributed by atoms with van der Waals surface area (Å²) in [5, 5.41) is 2.84. The number of ether oxygens (including phenoxy) is 1. The molecule has 1 aliphatic heterocycles. The summed E-state index contributed by atoms with van der Waals surface area (Å²) in [6, 6.07) is 18.2. The predicted molar refractivity (Wildman–Crippen MR) is 120 cm³/mol. The molecule has 0 unspecified atom stereocenters. The lowest BCUT2D eigenvalue weighted by atomic mass is 9.82. The van der Waals surface area contributed by atoms with Gasteiger partial charge < -0.3 is 4.74 Å². The van der Waals surface area contributed by atoms with E-state index in [4.69, 9.17) is 4.74 Å². The first-order chi connectivity index (χ1) is 14.9. The molecule has 1 heterocycles. The highest BCUT2D eigenvalue weighted by molar-refractivity contribution is 6.26. The molecule has 2 aromatic carbocycles. The quantitative estimate of drug-likeness (QED) is 0.432. The molecule has 0 radical (unpaired) electrons. The summed E-state index contributed by atoms with van der Waals surface area (Å²) in [5.74, 6) is -0.983. The van der Waals surface area contributed by atoms with Crippen molar-refractivity contribution in [2.45, 2.75) is 46.5 Å². The number of carbonyl (C=O) groups excluding carboxylic acids is 3. The molecule has 1 saturated heterocycles. The molecule has 2 amide bonds. The molecule has 0 aromatic heterocycles. The van der Waals surface area contributed by atoms with Crippen LogP contribution in [-0.4, -0.2) is 24.4 Å². The van der Waals surface area contributed by atoms with E-state index in [2.05, 4.69) is 0 Å². The lowest BCUT2D eigenvalue weighted by Gasteiger charge is -2.27. The summed E-state index contributed by atoms with van der Waals surface area (Å²) in [6.45, 7) is 5.61. The second-order valence-corrected chi connectivity index (χ2v) is 8.35. The summed E-state index contributed by atoms with van der Waals surface area (Å²) in [7, 11) is 0. The van der Waals surface area contributed by atoms with Crippen LogP contribution in [0.5, 0.6) is 0 Å². The van der Waals surface area contributed by atoms with E-state index in [1.165, 1.54) is 10.0 Å². The Kier molecular flexibility index (Phi) is 7.10. The van der Waals surface area contributed by atoms with E-state index in [9.17, 15) is 14.4 Å². The molecule has 164 valence electrons. The Bertz CT molecular complexity index is 854. The minimum atomic E-state index is -1.44. The van der Waals surface area contributed by atoms with Crippen molar-refractivity contribution in [2.24, 2.45) is 11.3 Å². The minimum absolute atomic E-state index is 0.135. The van der Waals surface area contributed by atoms with E-state index in [1.807, 2.05) is 57.2 Å². The summed E-state index contributed by atoms with van der Waals surface area (Å²) in [6.07, 6.45) is 2.06. The second kappa shape index (κ2) is 9.77. The van der Waals surface area contributed by atoms with Crippen LogP contribution >= 0.6 is 0 Å². The number of hydrazine groups is 1. The SMILES string of the molecule is CCCCC1(COC(=O)CC(C)C)C(=O)N(c2ccccc2)N(c2ccccc2)C1=O. The van der Waals surface area contributed by atoms with E-state index in [0.29, 0.717) is 24.2 Å². The van der Waals surface area contributed by atoms with Crippen molar-refractivity contribution in [1.29, 1.82) is 0 Å². The lowest BCUT2D eigenvalue weighted by molar-refractivity contribution is -0.152. The number of unbranched alkanes of at least 4 members (excludes halogenated alkanes) is 1. The van der Waals surface area contributed by atoms with Crippen molar-refractivity contribution in [3.05, 3.63) is 60.7 Å². The fourth-order valence-corrected chi connectivity index (χ4v) is 3.77. The zero-order valence-electron chi connectivity index (χ0n) is 18.4. The van der Waals surface area contributed by atoms with Crippen LogP contribution in [0.2, 0.25) is 0 Å². The van der Waals surface area contributed by atoms with Crippen molar-refractivity contribution in [3.8, 4) is 0 Å². The zero-order valence-corrected chi connectivity index (χ0v) is 18.4. The van der Waals surface area contributed by atoms with E-state index in [-0.39, 0.29) is 30.8 Å². The highest BCUT2D eigenvalue weighted by Gasteiger charge is 2.59. The second-order valence-electron chi connectivity index (χ2n) is 8.35. The molecule has 0 saturated carbocycles. The van der Waals surface area contributed by atoms with Gasteiger partial charge in [0.2, 0.25) is 0 Å². The molecule has 2 aromatic rings. The maximum absolute atomic E-state index is 13.8. The minimum Gasteiger partial charge on any atom is -0.464 e. The number of esters is 1. The number of carbonyl (C=O) groups is 3. The highest BCUT2D eigenvalue weighted by Crippen LogP contribution is 2.42. The summed E-state index contributed by atoms with van der Waals surface area (Å²) in [4.78, 5) is 39.9. The van der Waals surface area contributed by atoms with Crippen LogP contribution in [0.4, 0.5) is 11.4 Å². The van der Waals surface area contributed by atoms with Crippen LogP contribution < -0.4 is 10.0 Å². The van der Waals surface area contributed by atoms with E-state index >= 15 is 0 Å². The third kappa shape index (κ3) is 4.63. The first kappa shape index (κ1) is 22.5. The number of hydrogen-bond donors (Lipinski definition) is 0. The monoisotopic (exact) mass is 422 g/mol. The number of rotatable bonds is 9. The van der Waals surface area contributed by atoms with Gasteiger partial charge in [-0.25, -0.2) is 10.0 Å². The Balaban J connectivity index is 2.04. The van der Waals surface area contributed by atoms with Crippen molar-refractivity contribution >= 4 is 29.2 Å². The van der Waals surface area contributed by atoms with Gasteiger partial charge in [-0.1, -0.05) is 70.0 Å². The Labute approximate surface area is 183 Å². The van der Waals surface area contributed by atoms with Crippen LogP contribution in [0.25, 0.3) is 0 Å². The molecule has 1 fully saturated rings. The van der Waals surface area contributed by atoms with Crippen molar-refractivity contribution < 1.29 is 19.1 Å². The van der Waals surface area contributed by atoms with Gasteiger partial charge in [-0.15, -0.1) is 0 Å². The van der Waals surface area contributed by atoms with Gasteiger partial charge in [0.1, 0.15) is 6.61 Å². The van der Waals surface area contributed by atoms with Gasteiger partial charge in [-0.3, -0.25) is 14.4 Å². The van der Waals surface area contributed by atoms with E-state index in [1.54, 1.807) is 24.3 Å². The molecule has 0 spiro atoms. The van der Waals surface area contributed by atoms with Crippen LogP contribution in [0.1, 0.15) is 46.5 Å². The van der Waals surface area contributed by atoms with Crippen LogP contribution in [0.15, 0.2) is 60.7 Å². The molecule has 6 nitrogen and oxygen atoms in total. The molecule has 0 aliphatic carbocycles. The Morgan fingerprint density at radius 3 is 1.81 bits per heavy atom. The number of hydrogen-bond acceptors (Lipinski definition) is 4. The molecule has 31 heavy (non-hydrogen) atoms. The molecule has 0 N–H and O–H groups in total. The number of benzene rings is 2. The average Bonchev–Trinajstić information content (AvgIpc) is 2.98. The molecule has 3 rings (SSSR count). The summed E-state index contributed by atoms with van der Waals surface area (Å²) < 4.78 is 5.51. The smallest absolute Gasteiger partial charge is 0.306 e. The third-order valence-corrected chi connectivity index (χ3v) is 5.42. The molecular formula is C25H30N2O4. The molecule has 6 heteroatoms. The van der Waals surface area contributed by atoms with Gasteiger partial charge in [0.15, 0.2) is 5.41 Å². The van der Waals surface area contributed by atoms with Crippen LogP contribution in [0.3, 0.4) is 0 Å².